The van der Waals surface area contributed by atoms with Gasteiger partial charge in [0.2, 0.25) is 0 Å². The van der Waals surface area contributed by atoms with Gasteiger partial charge in [-0.1, -0.05) is 17.5 Å². The van der Waals surface area contributed by atoms with Crippen LogP contribution >= 0.6 is 11.3 Å². The maximum absolute atomic E-state index is 12.9. The second-order valence-electron chi connectivity index (χ2n) is 5.60. The SMILES string of the molecule is C=C=C=C=C=CN=C=C=C=C.C=O.O=c1c(NCc2cccs2)nccn1-c1ccc(F)cc1. The largest absolute Gasteiger partial charge is 0.361 e. The van der Waals surface area contributed by atoms with Crippen LogP contribution in [0.25, 0.3) is 5.69 Å². The number of aliphatic imine (C=N–C) groups is 1. The van der Waals surface area contributed by atoms with Gasteiger partial charge in [0.15, 0.2) is 5.82 Å². The molecule has 0 aliphatic rings. The third-order valence-electron chi connectivity index (χ3n) is 3.52. The van der Waals surface area contributed by atoms with Gasteiger partial charge in [-0.2, -0.15) is 4.99 Å². The number of anilines is 1. The minimum atomic E-state index is -0.336. The number of aromatic nitrogens is 2. The molecule has 2 aromatic heterocycles. The number of thiophene rings is 1. The molecular formula is C26H19FN4O2S. The van der Waals surface area contributed by atoms with Crippen LogP contribution in [0.2, 0.25) is 0 Å². The van der Waals surface area contributed by atoms with Crippen molar-refractivity contribution in [1.82, 2.24) is 9.55 Å². The summed E-state index contributed by atoms with van der Waals surface area (Å²) >= 11 is 1.61. The van der Waals surface area contributed by atoms with Crippen molar-refractivity contribution in [2.75, 3.05) is 5.32 Å². The molecule has 0 bridgehead atoms. The molecule has 168 valence electrons. The third-order valence-corrected chi connectivity index (χ3v) is 4.39. The van der Waals surface area contributed by atoms with Crippen LogP contribution in [-0.2, 0) is 11.3 Å². The van der Waals surface area contributed by atoms with Crippen LogP contribution < -0.4 is 10.9 Å². The van der Waals surface area contributed by atoms with Crippen LogP contribution in [0.4, 0.5) is 10.2 Å². The maximum Gasteiger partial charge on any atom is 0.297 e. The van der Waals surface area contributed by atoms with Crippen LogP contribution in [0, 0.1) is 5.82 Å². The monoisotopic (exact) mass is 470 g/mol. The van der Waals surface area contributed by atoms with Gasteiger partial charge in [0, 0.05) is 34.6 Å². The van der Waals surface area contributed by atoms with Gasteiger partial charge < -0.3 is 10.1 Å². The van der Waals surface area contributed by atoms with Crippen LogP contribution in [-0.4, -0.2) is 22.2 Å². The van der Waals surface area contributed by atoms with Crippen molar-refractivity contribution in [2.45, 2.75) is 6.54 Å². The highest BCUT2D eigenvalue weighted by molar-refractivity contribution is 7.09. The molecule has 0 aliphatic heterocycles. The number of halogens is 1. The molecule has 3 aromatic rings. The van der Waals surface area contributed by atoms with E-state index in [4.69, 9.17) is 4.79 Å². The van der Waals surface area contributed by atoms with E-state index in [1.165, 1.54) is 22.9 Å². The fraction of sp³-hybridized carbons (Fsp3) is 0.0385. The highest BCUT2D eigenvalue weighted by Crippen LogP contribution is 2.11. The van der Waals surface area contributed by atoms with Gasteiger partial charge >= 0.3 is 0 Å². The summed E-state index contributed by atoms with van der Waals surface area (Å²) in [6, 6.07) is 9.69. The first-order valence-electron chi connectivity index (χ1n) is 9.35. The van der Waals surface area contributed by atoms with Gasteiger partial charge in [-0.05, 0) is 66.1 Å². The summed E-state index contributed by atoms with van der Waals surface area (Å²) in [7, 11) is 0. The average molecular weight is 471 g/mol. The summed E-state index contributed by atoms with van der Waals surface area (Å²) in [6.07, 6.45) is 4.46. The van der Waals surface area contributed by atoms with Crippen LogP contribution in [0.5, 0.6) is 0 Å². The van der Waals surface area contributed by atoms with E-state index in [0.29, 0.717) is 12.2 Å². The van der Waals surface area contributed by atoms with Crippen molar-refractivity contribution < 1.29 is 9.18 Å². The molecule has 0 fully saturated rings. The number of nitrogens with one attached hydrogen (secondary N) is 1. The zero-order chi connectivity index (χ0) is 25.0. The first kappa shape index (κ1) is 27.1. The summed E-state index contributed by atoms with van der Waals surface area (Å²) in [5, 5.41) is 5.01. The van der Waals surface area contributed by atoms with E-state index in [1.54, 1.807) is 35.9 Å². The van der Waals surface area contributed by atoms with Crippen molar-refractivity contribution in [1.29, 1.82) is 0 Å². The summed E-state index contributed by atoms with van der Waals surface area (Å²) in [5.74, 6) is 2.33. The molecule has 3 rings (SSSR count). The molecule has 8 heteroatoms. The number of carbonyl (C=O) groups is 1. The molecule has 1 aromatic carbocycles. The van der Waals surface area contributed by atoms with Crippen LogP contribution in [0.15, 0.2) is 118 Å². The molecule has 0 saturated heterocycles. The van der Waals surface area contributed by atoms with Gasteiger partial charge in [-0.15, -0.1) is 11.3 Å². The summed E-state index contributed by atoms with van der Waals surface area (Å²) in [4.78, 5) is 29.1. The molecule has 0 amide bonds. The van der Waals surface area contributed by atoms with E-state index in [9.17, 15) is 9.18 Å². The number of hydrogen-bond donors (Lipinski definition) is 1. The summed E-state index contributed by atoms with van der Waals surface area (Å²) < 4.78 is 14.4. The zero-order valence-corrected chi connectivity index (χ0v) is 18.9. The second kappa shape index (κ2) is 16.7. The lowest BCUT2D eigenvalue weighted by Gasteiger charge is -2.08. The average Bonchev–Trinajstić information content (AvgIpc) is 3.39. The molecule has 34 heavy (non-hydrogen) atoms. The fourth-order valence-corrected chi connectivity index (χ4v) is 2.82. The van der Waals surface area contributed by atoms with Gasteiger partial charge in [0.25, 0.3) is 5.56 Å². The highest BCUT2D eigenvalue weighted by Gasteiger charge is 2.06. The van der Waals surface area contributed by atoms with Gasteiger partial charge in [-0.3, -0.25) is 9.36 Å². The van der Waals surface area contributed by atoms with E-state index in [0.717, 1.165) is 4.88 Å². The molecule has 0 unspecified atom stereocenters. The lowest BCUT2D eigenvalue weighted by atomic mass is 10.3. The zero-order valence-electron chi connectivity index (χ0n) is 18.0. The van der Waals surface area contributed by atoms with Crippen molar-refractivity contribution >= 4 is 29.8 Å². The van der Waals surface area contributed by atoms with Gasteiger partial charge in [0.05, 0.1) is 12.7 Å². The second-order valence-corrected chi connectivity index (χ2v) is 6.64. The van der Waals surface area contributed by atoms with E-state index in [2.05, 4.69) is 68.7 Å². The lowest BCUT2D eigenvalue weighted by Crippen LogP contribution is -2.22. The Morgan fingerprint density at radius 2 is 1.85 bits per heavy atom. The number of carbonyl (C=O) groups excluding carboxylic acids is 1. The first-order chi connectivity index (χ1) is 16.7. The Morgan fingerprint density at radius 3 is 2.50 bits per heavy atom. The normalized spacial score (nSPS) is 8.03. The smallest absolute Gasteiger partial charge is 0.297 e. The van der Waals surface area contributed by atoms with E-state index in [-0.39, 0.29) is 17.2 Å². The van der Waals surface area contributed by atoms with Gasteiger partial charge in [-0.25, -0.2) is 9.37 Å². The van der Waals surface area contributed by atoms with Crippen molar-refractivity contribution in [2.24, 2.45) is 4.99 Å². The Balaban J connectivity index is 0.000000380. The van der Waals surface area contributed by atoms with Crippen molar-refractivity contribution in [3.8, 4) is 5.69 Å². The molecular weight excluding hydrogens is 451 g/mol. The van der Waals surface area contributed by atoms with E-state index < -0.39 is 0 Å². The Bertz CT molecular complexity index is 1400. The maximum atomic E-state index is 12.9. The minimum Gasteiger partial charge on any atom is -0.361 e. The van der Waals surface area contributed by atoms with Crippen molar-refractivity contribution in [3.05, 3.63) is 129 Å². The number of hydrogen-bond acceptors (Lipinski definition) is 6. The molecule has 0 spiro atoms. The molecule has 0 atom stereocenters. The Kier molecular flexibility index (Phi) is 13.3. The van der Waals surface area contributed by atoms with Crippen LogP contribution in [0.3, 0.4) is 0 Å². The number of benzene rings is 1. The lowest BCUT2D eigenvalue weighted by molar-refractivity contribution is -0.0979. The summed E-state index contributed by atoms with van der Waals surface area (Å²) in [6.45, 7) is 9.10. The number of rotatable bonds is 5. The molecule has 1 N–H and O–H groups in total. The predicted octanol–water partition coefficient (Wildman–Crippen LogP) is 4.78. The molecule has 0 saturated carbocycles. The Morgan fingerprint density at radius 1 is 1.12 bits per heavy atom. The third kappa shape index (κ3) is 9.92. The van der Waals surface area contributed by atoms with Crippen LogP contribution in [0.1, 0.15) is 4.88 Å². The topological polar surface area (TPSA) is 76.3 Å². The Labute approximate surface area is 200 Å². The Hall–Kier alpha value is -4.93. The summed E-state index contributed by atoms with van der Waals surface area (Å²) in [5.41, 5.74) is 15.0. The fourth-order valence-electron chi connectivity index (χ4n) is 2.17. The van der Waals surface area contributed by atoms with Crippen molar-refractivity contribution in [3.63, 3.8) is 0 Å². The quantitative estimate of drug-likeness (QED) is 0.430. The standard InChI is InChI=1S/C15H12FN3OS.C10H5N.CH2O/c16-11-3-5-12(6-4-11)19-8-7-17-14(15(19)20)18-10-13-2-1-9-21-13;1-3-5-7-8-10-11-9-6-4-2;1-2/h1-9H,10H2,(H,17,18);10H,1-2H2;1H2. The van der Waals surface area contributed by atoms with E-state index in [1.807, 2.05) is 24.3 Å². The molecule has 6 nitrogen and oxygen atoms in total. The minimum absolute atomic E-state index is 0.263. The first-order valence-corrected chi connectivity index (χ1v) is 10.2. The highest BCUT2D eigenvalue weighted by atomic mass is 32.1. The number of nitrogens with zero attached hydrogens (tertiary/aromatic N) is 3. The van der Waals surface area contributed by atoms with E-state index >= 15 is 0 Å². The predicted molar refractivity (Wildman–Crippen MR) is 133 cm³/mol. The molecule has 2 heterocycles. The van der Waals surface area contributed by atoms with Gasteiger partial charge in [0.1, 0.15) is 12.6 Å². The molecule has 0 aliphatic carbocycles. The molecule has 0 radical (unpaired) electrons.